The molecule has 0 unspecified atom stereocenters. The van der Waals surface area contributed by atoms with Crippen molar-refractivity contribution >= 4 is 11.9 Å². The number of hydrogen-bond donors (Lipinski definition) is 0. The Balaban J connectivity index is 1.80. The van der Waals surface area contributed by atoms with E-state index in [9.17, 15) is 0 Å². The van der Waals surface area contributed by atoms with Crippen molar-refractivity contribution in [1.82, 2.24) is 4.98 Å². The van der Waals surface area contributed by atoms with Gasteiger partial charge in [0.25, 0.3) is 0 Å². The van der Waals surface area contributed by atoms with Crippen molar-refractivity contribution in [3.05, 3.63) is 108 Å². The van der Waals surface area contributed by atoms with Gasteiger partial charge in [-0.15, -0.1) is 0 Å². The Morgan fingerprint density at radius 3 is 1.96 bits per heavy atom. The summed E-state index contributed by atoms with van der Waals surface area (Å²) in [7, 11) is 0. The van der Waals surface area contributed by atoms with Gasteiger partial charge in [-0.2, -0.15) is 0 Å². The van der Waals surface area contributed by atoms with Gasteiger partial charge in [-0.1, -0.05) is 77.9 Å². The average molecular weight is 362 g/mol. The number of nitrogens with zero attached hydrogens (tertiary/aromatic N) is 2. The van der Waals surface area contributed by atoms with Crippen LogP contribution in [0.5, 0.6) is 0 Å². The van der Waals surface area contributed by atoms with Gasteiger partial charge in [-0.25, -0.2) is 0 Å². The van der Waals surface area contributed by atoms with Crippen LogP contribution in [-0.4, -0.2) is 11.2 Å². The van der Waals surface area contributed by atoms with Crippen molar-refractivity contribution < 1.29 is 0 Å². The molecule has 2 nitrogen and oxygen atoms in total. The molecule has 1 heterocycles. The third-order valence-electron chi connectivity index (χ3n) is 4.77. The maximum absolute atomic E-state index is 4.79. The summed E-state index contributed by atoms with van der Waals surface area (Å²) in [6, 6.07) is 29.5. The summed E-state index contributed by atoms with van der Waals surface area (Å²) in [4.78, 5) is 9.14. The van der Waals surface area contributed by atoms with Crippen molar-refractivity contribution in [3.63, 3.8) is 0 Å². The highest BCUT2D eigenvalue weighted by Crippen LogP contribution is 2.34. The Morgan fingerprint density at radius 2 is 1.32 bits per heavy atom. The molecule has 1 aromatic heterocycles. The molecule has 4 rings (SSSR count). The maximum Gasteiger partial charge on any atom is 0.0812 e. The van der Waals surface area contributed by atoms with E-state index in [-0.39, 0.29) is 0 Å². The van der Waals surface area contributed by atoms with Crippen LogP contribution in [0.3, 0.4) is 0 Å². The van der Waals surface area contributed by atoms with Crippen LogP contribution in [0.25, 0.3) is 22.3 Å². The molecule has 0 aliphatic carbocycles. The summed E-state index contributed by atoms with van der Waals surface area (Å²) >= 11 is 0. The van der Waals surface area contributed by atoms with Crippen molar-refractivity contribution in [3.8, 4) is 22.3 Å². The normalized spacial score (nSPS) is 11.1. The van der Waals surface area contributed by atoms with Crippen LogP contribution < -0.4 is 0 Å². The van der Waals surface area contributed by atoms with E-state index in [4.69, 9.17) is 4.99 Å². The fourth-order valence-electron chi connectivity index (χ4n) is 3.13. The lowest BCUT2D eigenvalue weighted by Crippen LogP contribution is -1.87. The molecule has 0 N–H and O–H groups in total. The first-order valence-corrected chi connectivity index (χ1v) is 9.42. The molecule has 0 aliphatic heterocycles. The zero-order valence-corrected chi connectivity index (χ0v) is 16.1. The summed E-state index contributed by atoms with van der Waals surface area (Å²) in [5.41, 5.74) is 8.91. The Kier molecular flexibility index (Phi) is 5.11. The van der Waals surface area contributed by atoms with E-state index < -0.39 is 0 Å². The van der Waals surface area contributed by atoms with Gasteiger partial charge < -0.3 is 0 Å². The molecular formula is C26H22N2. The second kappa shape index (κ2) is 8.01. The Morgan fingerprint density at radius 1 is 0.679 bits per heavy atom. The first-order chi connectivity index (χ1) is 13.7. The van der Waals surface area contributed by atoms with Crippen LogP contribution >= 0.6 is 0 Å². The van der Waals surface area contributed by atoms with Crippen molar-refractivity contribution in [2.24, 2.45) is 4.99 Å². The Labute approximate surface area is 166 Å². The van der Waals surface area contributed by atoms with Gasteiger partial charge in [0, 0.05) is 11.8 Å². The minimum atomic E-state index is 0.845. The zero-order valence-electron chi connectivity index (χ0n) is 16.1. The van der Waals surface area contributed by atoms with Crippen LogP contribution in [0.2, 0.25) is 0 Å². The highest BCUT2D eigenvalue weighted by Gasteiger charge is 2.07. The van der Waals surface area contributed by atoms with E-state index in [1.807, 2.05) is 24.4 Å². The molecule has 136 valence electrons. The topological polar surface area (TPSA) is 25.2 Å². The summed E-state index contributed by atoms with van der Waals surface area (Å²) in [5.74, 6) is 0. The second-order valence-electron chi connectivity index (χ2n) is 6.98. The van der Waals surface area contributed by atoms with Crippen LogP contribution in [0.1, 0.15) is 16.8 Å². The SMILES string of the molecule is Cc1ccc(-c2ccc(-c3ccc(C)cc3)c(N=Cc3ccccn3)c2)cc1. The van der Waals surface area contributed by atoms with Crippen LogP contribution in [0.4, 0.5) is 5.69 Å². The molecular weight excluding hydrogens is 340 g/mol. The molecule has 0 amide bonds. The standard InChI is InChI=1S/C26H22N2/c1-19-6-10-21(11-7-19)23-14-15-25(22-12-8-20(2)9-13-22)26(17-23)28-18-24-5-3-4-16-27-24/h3-18H,1-2H3. The molecule has 2 heteroatoms. The highest BCUT2D eigenvalue weighted by atomic mass is 14.8. The predicted octanol–water partition coefficient (Wildman–Crippen LogP) is 6.78. The number of pyridine rings is 1. The van der Waals surface area contributed by atoms with Crippen molar-refractivity contribution in [2.45, 2.75) is 13.8 Å². The van der Waals surface area contributed by atoms with Gasteiger partial charge in [0.2, 0.25) is 0 Å². The molecule has 28 heavy (non-hydrogen) atoms. The number of aromatic nitrogens is 1. The van der Waals surface area contributed by atoms with Gasteiger partial charge in [0.1, 0.15) is 0 Å². The maximum atomic E-state index is 4.79. The fourth-order valence-corrected chi connectivity index (χ4v) is 3.13. The summed E-state index contributed by atoms with van der Waals surface area (Å²) in [6.45, 7) is 4.21. The van der Waals surface area contributed by atoms with Crippen LogP contribution in [0, 0.1) is 13.8 Å². The molecule has 0 saturated carbocycles. The molecule has 0 fully saturated rings. The molecule has 3 aromatic carbocycles. The van der Waals surface area contributed by atoms with E-state index in [0.717, 1.165) is 28.1 Å². The first-order valence-electron chi connectivity index (χ1n) is 9.42. The Bertz CT molecular complexity index is 1090. The molecule has 0 radical (unpaired) electrons. The molecule has 0 bridgehead atoms. The van der Waals surface area contributed by atoms with E-state index >= 15 is 0 Å². The monoisotopic (exact) mass is 362 g/mol. The van der Waals surface area contributed by atoms with E-state index in [2.05, 4.69) is 85.6 Å². The third kappa shape index (κ3) is 4.07. The van der Waals surface area contributed by atoms with E-state index in [0.29, 0.717) is 0 Å². The van der Waals surface area contributed by atoms with Gasteiger partial charge in [-0.3, -0.25) is 9.98 Å². The zero-order chi connectivity index (χ0) is 19.3. The Hall–Kier alpha value is -3.52. The van der Waals surface area contributed by atoms with Gasteiger partial charge >= 0.3 is 0 Å². The largest absolute Gasteiger partial charge is 0.255 e. The molecule has 0 aliphatic rings. The molecule has 4 aromatic rings. The van der Waals surface area contributed by atoms with Crippen LogP contribution in [-0.2, 0) is 0 Å². The van der Waals surface area contributed by atoms with Crippen LogP contribution in [0.15, 0.2) is 96.1 Å². The number of aliphatic imine (C=N–C) groups is 1. The highest BCUT2D eigenvalue weighted by molar-refractivity contribution is 5.86. The second-order valence-corrected chi connectivity index (χ2v) is 6.98. The summed E-state index contributed by atoms with van der Waals surface area (Å²) in [5, 5.41) is 0. The molecule has 0 saturated heterocycles. The molecule has 0 spiro atoms. The first kappa shape index (κ1) is 17.9. The predicted molar refractivity (Wildman–Crippen MR) is 118 cm³/mol. The van der Waals surface area contributed by atoms with Crippen molar-refractivity contribution in [1.29, 1.82) is 0 Å². The minimum Gasteiger partial charge on any atom is -0.255 e. The average Bonchev–Trinajstić information content (AvgIpc) is 2.74. The van der Waals surface area contributed by atoms with Gasteiger partial charge in [-0.05, 0) is 48.7 Å². The summed E-state index contributed by atoms with van der Waals surface area (Å²) < 4.78 is 0. The third-order valence-corrected chi connectivity index (χ3v) is 4.77. The fraction of sp³-hybridized carbons (Fsp3) is 0.0769. The van der Waals surface area contributed by atoms with Crippen molar-refractivity contribution in [2.75, 3.05) is 0 Å². The number of aryl methyl sites for hydroxylation is 2. The number of hydrogen-bond acceptors (Lipinski definition) is 2. The van der Waals surface area contributed by atoms with Gasteiger partial charge in [0.15, 0.2) is 0 Å². The lowest BCUT2D eigenvalue weighted by Gasteiger charge is -2.10. The number of benzene rings is 3. The lowest BCUT2D eigenvalue weighted by molar-refractivity contribution is 1.30. The number of rotatable bonds is 4. The summed E-state index contributed by atoms with van der Waals surface area (Å²) in [6.07, 6.45) is 3.61. The smallest absolute Gasteiger partial charge is 0.0812 e. The van der Waals surface area contributed by atoms with Gasteiger partial charge in [0.05, 0.1) is 17.6 Å². The quantitative estimate of drug-likeness (QED) is 0.367. The van der Waals surface area contributed by atoms with E-state index in [1.165, 1.54) is 16.7 Å². The minimum absolute atomic E-state index is 0.845. The lowest BCUT2D eigenvalue weighted by atomic mass is 9.97. The molecule has 0 atom stereocenters. The van der Waals surface area contributed by atoms with E-state index in [1.54, 1.807) is 6.20 Å².